The molecule has 5 atom stereocenters. The summed E-state index contributed by atoms with van der Waals surface area (Å²) < 4.78 is 42.0. The van der Waals surface area contributed by atoms with E-state index >= 15 is 0 Å². The van der Waals surface area contributed by atoms with Gasteiger partial charge in [0.15, 0.2) is 0 Å². The lowest BCUT2D eigenvalue weighted by molar-refractivity contribution is -0.144. The second-order valence-corrected chi connectivity index (χ2v) is 21.1. The minimum atomic E-state index is -2.66. The van der Waals surface area contributed by atoms with E-state index in [1.807, 2.05) is 69.3 Å². The Kier molecular flexibility index (Phi) is 17.3. The number of nitrogens with zero attached hydrogens (tertiary/aromatic N) is 5. The number of hydrogen-bond donors (Lipinski definition) is 4. The van der Waals surface area contributed by atoms with E-state index in [1.54, 1.807) is 29.5 Å². The van der Waals surface area contributed by atoms with Crippen molar-refractivity contribution in [3.05, 3.63) is 93.8 Å². The number of fused-ring (bicyclic) bond motifs is 2. The lowest BCUT2D eigenvalue weighted by atomic mass is 9.85. The Bertz CT molecular complexity index is 2540. The number of amides is 4. The summed E-state index contributed by atoms with van der Waals surface area (Å²) in [6.45, 7) is 10.3. The highest BCUT2D eigenvalue weighted by molar-refractivity contribution is 7.13. The molecular formula is C52H64ClF3N8O5S. The molecule has 3 aliphatic heterocycles. The molecule has 4 amide bonds. The molecule has 13 nitrogen and oxygen atoms in total. The molecule has 4 N–H and O–H groups in total. The molecule has 0 radical (unpaired) electrons. The first-order valence-electron chi connectivity index (χ1n) is 24.2. The van der Waals surface area contributed by atoms with Gasteiger partial charge in [-0.2, -0.15) is 0 Å². The van der Waals surface area contributed by atoms with Gasteiger partial charge in [-0.1, -0.05) is 75.9 Å². The number of amidine groups is 1. The van der Waals surface area contributed by atoms with Crippen molar-refractivity contribution in [1.82, 2.24) is 25.4 Å². The quantitative estimate of drug-likeness (QED) is 0.0718. The normalized spacial score (nSPS) is 19.4. The van der Waals surface area contributed by atoms with Crippen LogP contribution in [0.3, 0.4) is 0 Å². The summed E-state index contributed by atoms with van der Waals surface area (Å²) in [4.78, 5) is 69.3. The number of unbranched alkanes of at least 4 members (excludes halogenated alkanes) is 4. The van der Waals surface area contributed by atoms with Gasteiger partial charge in [-0.25, -0.2) is 18.2 Å². The van der Waals surface area contributed by atoms with E-state index in [4.69, 9.17) is 16.6 Å². The number of thiazole rings is 1. The van der Waals surface area contributed by atoms with Crippen LogP contribution in [0.25, 0.3) is 10.4 Å². The van der Waals surface area contributed by atoms with Gasteiger partial charge in [-0.05, 0) is 92.0 Å². The molecule has 3 aliphatic rings. The van der Waals surface area contributed by atoms with Gasteiger partial charge in [0.1, 0.15) is 23.7 Å². The lowest BCUT2D eigenvalue weighted by Gasteiger charge is -2.35. The van der Waals surface area contributed by atoms with Crippen molar-refractivity contribution in [1.29, 1.82) is 0 Å². The highest BCUT2D eigenvalue weighted by Crippen LogP contribution is 2.40. The van der Waals surface area contributed by atoms with Crippen LogP contribution in [0, 0.1) is 24.1 Å². The summed E-state index contributed by atoms with van der Waals surface area (Å²) in [7, 11) is 0. The van der Waals surface area contributed by atoms with Crippen LogP contribution in [0.5, 0.6) is 0 Å². The molecule has 2 fully saturated rings. The van der Waals surface area contributed by atoms with Crippen molar-refractivity contribution in [2.45, 2.75) is 123 Å². The van der Waals surface area contributed by atoms with Crippen molar-refractivity contribution < 1.29 is 37.5 Å². The summed E-state index contributed by atoms with van der Waals surface area (Å²) >= 11 is 7.93. The van der Waals surface area contributed by atoms with Crippen LogP contribution in [0.15, 0.2) is 71.2 Å². The first-order chi connectivity index (χ1) is 33.4. The number of alkyl halides is 2. The number of nitrogens with one attached hydrogen (secondary N) is 3. The number of anilines is 3. The minimum Gasteiger partial charge on any atom is -0.391 e. The van der Waals surface area contributed by atoms with Gasteiger partial charge in [-0.15, -0.1) is 11.3 Å². The number of halogens is 4. The third-order valence-electron chi connectivity index (χ3n) is 13.3. The molecule has 0 aliphatic carbocycles. The third kappa shape index (κ3) is 13.1. The molecule has 0 spiro atoms. The highest BCUT2D eigenvalue weighted by Gasteiger charge is 2.45. The SMILES string of the molecule is Cc1ncsc1-c1ccc([C@H](C)NC(=O)[C@@H]2C[C@@H](O)CN2C(=O)[C@@H](NC(=O)CCCCCCCC(=O)N2CCC(CN=C3Nc4cc(F)ccc4N(CC(F)F)c4ccc(Cl)cc43)C2)C(C)(C)C)cc1. The smallest absolute Gasteiger partial charge is 0.256 e. The van der Waals surface area contributed by atoms with Gasteiger partial charge in [0.05, 0.1) is 51.8 Å². The van der Waals surface area contributed by atoms with Crippen molar-refractivity contribution in [2.75, 3.05) is 42.9 Å². The summed E-state index contributed by atoms with van der Waals surface area (Å²) in [6, 6.07) is 14.7. The third-order valence-corrected chi connectivity index (χ3v) is 14.5. The monoisotopic (exact) mass is 1000 g/mol. The first kappa shape index (κ1) is 52.3. The number of rotatable bonds is 18. The summed E-state index contributed by atoms with van der Waals surface area (Å²) in [5, 5.41) is 20.2. The van der Waals surface area contributed by atoms with E-state index in [0.29, 0.717) is 72.4 Å². The summed E-state index contributed by atoms with van der Waals surface area (Å²) in [6.07, 6.45) is 1.66. The van der Waals surface area contributed by atoms with Crippen LogP contribution in [0.1, 0.15) is 108 Å². The lowest BCUT2D eigenvalue weighted by Crippen LogP contribution is -2.57. The maximum Gasteiger partial charge on any atom is 0.256 e. The number of hydrogen-bond acceptors (Lipinski definition) is 9. The van der Waals surface area contributed by atoms with Gasteiger partial charge in [0.25, 0.3) is 6.43 Å². The molecule has 376 valence electrons. The Balaban J connectivity index is 0.833. The Morgan fingerprint density at radius 1 is 0.957 bits per heavy atom. The zero-order chi connectivity index (χ0) is 50.3. The summed E-state index contributed by atoms with van der Waals surface area (Å²) in [5.74, 6) is -1.04. The largest absolute Gasteiger partial charge is 0.391 e. The average Bonchev–Trinajstić information content (AvgIpc) is 4.06. The van der Waals surface area contributed by atoms with Crippen LogP contribution < -0.4 is 20.9 Å². The van der Waals surface area contributed by atoms with E-state index in [2.05, 4.69) is 20.9 Å². The summed E-state index contributed by atoms with van der Waals surface area (Å²) in [5.41, 5.74) is 5.72. The molecular weight excluding hydrogens is 941 g/mol. The van der Waals surface area contributed by atoms with Gasteiger partial charge < -0.3 is 35.8 Å². The molecule has 2 saturated heterocycles. The Morgan fingerprint density at radius 2 is 1.67 bits per heavy atom. The molecule has 0 bridgehead atoms. The highest BCUT2D eigenvalue weighted by atomic mass is 35.5. The number of aromatic nitrogens is 1. The van der Waals surface area contributed by atoms with Crippen molar-refractivity contribution >= 4 is 69.5 Å². The topological polar surface area (TPSA) is 160 Å². The van der Waals surface area contributed by atoms with E-state index in [-0.39, 0.29) is 49.1 Å². The number of aliphatic hydroxyl groups is 1. The number of likely N-dealkylation sites (tertiary alicyclic amines) is 2. The maximum absolute atomic E-state index is 14.4. The molecule has 1 unspecified atom stereocenters. The number of carbonyl (C=O) groups is 4. The Labute approximate surface area is 417 Å². The van der Waals surface area contributed by atoms with Gasteiger partial charge >= 0.3 is 0 Å². The van der Waals surface area contributed by atoms with Gasteiger partial charge in [0.2, 0.25) is 23.6 Å². The maximum atomic E-state index is 14.4. The number of β-amino-alcohol motifs (C(OH)–C–C–N with tert-alkyl or cyclic N) is 1. The van der Waals surface area contributed by atoms with Crippen molar-refractivity contribution in [3.8, 4) is 10.4 Å². The molecule has 4 heterocycles. The zero-order valence-corrected chi connectivity index (χ0v) is 42.0. The van der Waals surface area contributed by atoms with E-state index < -0.39 is 48.3 Å². The average molecular weight is 1010 g/mol. The second-order valence-electron chi connectivity index (χ2n) is 19.8. The van der Waals surface area contributed by atoms with Crippen LogP contribution in [-0.4, -0.2) is 107 Å². The second kappa shape index (κ2) is 23.1. The number of aliphatic hydroxyl groups excluding tert-OH is 1. The fourth-order valence-electron chi connectivity index (χ4n) is 9.49. The van der Waals surface area contributed by atoms with Crippen LogP contribution in [0.4, 0.5) is 30.2 Å². The fourth-order valence-corrected chi connectivity index (χ4v) is 10.5. The number of benzene rings is 3. The number of aliphatic imine (C=N–C) groups is 1. The molecule has 4 aromatic rings. The molecule has 70 heavy (non-hydrogen) atoms. The van der Waals surface area contributed by atoms with Crippen LogP contribution in [-0.2, 0) is 19.2 Å². The molecule has 0 saturated carbocycles. The molecule has 7 rings (SSSR count). The van der Waals surface area contributed by atoms with Crippen LogP contribution in [0.2, 0.25) is 5.02 Å². The van der Waals surface area contributed by atoms with Crippen LogP contribution >= 0.6 is 22.9 Å². The van der Waals surface area contributed by atoms with Crippen molar-refractivity contribution in [2.24, 2.45) is 16.3 Å². The molecule has 18 heteroatoms. The molecule has 1 aromatic heterocycles. The van der Waals surface area contributed by atoms with E-state index in [9.17, 15) is 37.5 Å². The first-order valence-corrected chi connectivity index (χ1v) is 25.4. The Morgan fingerprint density at radius 3 is 2.37 bits per heavy atom. The predicted octanol–water partition coefficient (Wildman–Crippen LogP) is 9.44. The number of aryl methyl sites for hydroxylation is 1. The Hall–Kier alpha value is -5.52. The zero-order valence-electron chi connectivity index (χ0n) is 40.5. The predicted molar refractivity (Wildman–Crippen MR) is 269 cm³/mol. The van der Waals surface area contributed by atoms with Crippen molar-refractivity contribution in [3.63, 3.8) is 0 Å². The van der Waals surface area contributed by atoms with Gasteiger partial charge in [-0.3, -0.25) is 24.2 Å². The number of carbonyl (C=O) groups excluding carboxylic acids is 4. The van der Waals surface area contributed by atoms with E-state index in [0.717, 1.165) is 47.4 Å². The standard InChI is InChI=1S/C52H64ClF3N8O5S/c1-31(34-13-15-35(16-14-34)47-32(2)58-30-70-47)59-50(68)43-25-38(65)28-64(43)51(69)48(52(3,4)5)61-45(66)11-9-7-6-8-10-12-46(67)62-22-21-33(27-62)26-57-49-39-23-36(53)17-19-41(39)63(29-44(55)56)42-20-18-37(54)24-40(42)60-49/h13-20,23-24,30-31,33,38,43-44,48,65H,6-12,21-22,25-29H2,1-5H3,(H,57,60)(H,59,68)(H,61,66)/t31-,33?,38+,43-,48+/m0/s1. The van der Waals surface area contributed by atoms with E-state index in [1.165, 1.54) is 28.0 Å². The van der Waals surface area contributed by atoms with Gasteiger partial charge in [0, 0.05) is 56.0 Å². The molecule has 3 aromatic carbocycles. The minimum absolute atomic E-state index is 0.00995. The fraction of sp³-hybridized carbons (Fsp3) is 0.500.